The second kappa shape index (κ2) is 5.79. The lowest BCUT2D eigenvalue weighted by molar-refractivity contribution is -0.144. The van der Waals surface area contributed by atoms with Crippen LogP contribution in [-0.4, -0.2) is 55.6 Å². The van der Waals surface area contributed by atoms with Crippen LogP contribution in [0.4, 0.5) is 0 Å². The fraction of sp³-hybridized carbons (Fsp3) is 0.500. The molecule has 2 aliphatic heterocycles. The van der Waals surface area contributed by atoms with Gasteiger partial charge >= 0.3 is 5.97 Å². The highest BCUT2D eigenvalue weighted by Crippen LogP contribution is 2.42. The van der Waals surface area contributed by atoms with Crippen LogP contribution in [0, 0.1) is 0 Å². The van der Waals surface area contributed by atoms with E-state index in [9.17, 15) is 9.90 Å². The molecule has 0 saturated carbocycles. The Labute approximate surface area is 122 Å². The van der Waals surface area contributed by atoms with E-state index >= 15 is 0 Å². The summed E-state index contributed by atoms with van der Waals surface area (Å²) < 4.78 is 16.1. The maximum absolute atomic E-state index is 11.3. The van der Waals surface area contributed by atoms with Crippen LogP contribution in [0.3, 0.4) is 0 Å². The number of ether oxygens (including phenoxy) is 3. The lowest BCUT2D eigenvalue weighted by Gasteiger charge is -2.33. The van der Waals surface area contributed by atoms with E-state index in [0.717, 1.165) is 12.1 Å². The van der Waals surface area contributed by atoms with Gasteiger partial charge < -0.3 is 24.6 Å². The minimum absolute atomic E-state index is 0.181. The smallest absolute Gasteiger partial charge is 0.322 e. The Kier molecular flexibility index (Phi) is 3.85. The minimum atomic E-state index is -0.810. The Morgan fingerprint density at radius 2 is 2.38 bits per heavy atom. The molecule has 1 atom stereocenters. The van der Waals surface area contributed by atoms with Crippen molar-refractivity contribution in [3.8, 4) is 17.2 Å². The number of nitrogens with zero attached hydrogens (tertiary/aromatic N) is 1. The van der Waals surface area contributed by atoms with E-state index in [-0.39, 0.29) is 6.79 Å². The number of methoxy groups -OCH3 is 1. The van der Waals surface area contributed by atoms with E-state index in [4.69, 9.17) is 14.2 Å². The number of rotatable bonds is 4. The van der Waals surface area contributed by atoms with Crippen molar-refractivity contribution in [3.63, 3.8) is 0 Å². The largest absolute Gasteiger partial charge is 0.493 e. The molecule has 0 radical (unpaired) electrons. The normalized spacial score (nSPS) is 21.3. The highest BCUT2D eigenvalue weighted by Gasteiger charge is 2.29. The molecule has 3 rings (SSSR count). The van der Waals surface area contributed by atoms with E-state index in [2.05, 4.69) is 5.32 Å². The van der Waals surface area contributed by atoms with Crippen molar-refractivity contribution in [2.75, 3.05) is 33.5 Å². The fourth-order valence-electron chi connectivity index (χ4n) is 2.69. The topological polar surface area (TPSA) is 80.3 Å². The van der Waals surface area contributed by atoms with Crippen molar-refractivity contribution in [1.29, 1.82) is 0 Å². The van der Waals surface area contributed by atoms with Crippen LogP contribution in [0.1, 0.15) is 5.56 Å². The maximum atomic E-state index is 11.3. The van der Waals surface area contributed by atoms with E-state index < -0.39 is 12.0 Å². The molecule has 0 amide bonds. The summed E-state index contributed by atoms with van der Waals surface area (Å²) in [6, 6.07) is 3.23. The van der Waals surface area contributed by atoms with E-state index in [1.54, 1.807) is 7.11 Å². The van der Waals surface area contributed by atoms with Crippen molar-refractivity contribution >= 4 is 5.97 Å². The van der Waals surface area contributed by atoms with Gasteiger partial charge in [-0.2, -0.15) is 0 Å². The number of benzene rings is 1. The van der Waals surface area contributed by atoms with Crippen molar-refractivity contribution in [3.05, 3.63) is 17.7 Å². The Morgan fingerprint density at radius 3 is 3.14 bits per heavy atom. The standard InChI is InChI=1S/C14H18N2O5/c1-19-11-4-9(5-12-13(11)21-8-20-12)7-16-3-2-15-6-10(16)14(17)18/h4-5,10,15H,2-3,6-8H2,1H3,(H,17,18). The molecule has 114 valence electrons. The van der Waals surface area contributed by atoms with E-state index in [1.807, 2.05) is 17.0 Å². The molecule has 2 aliphatic rings. The molecular weight excluding hydrogens is 276 g/mol. The van der Waals surface area contributed by atoms with Crippen molar-refractivity contribution in [2.24, 2.45) is 0 Å². The van der Waals surface area contributed by atoms with Gasteiger partial charge in [0.2, 0.25) is 12.5 Å². The summed E-state index contributed by atoms with van der Waals surface area (Å²) in [6.45, 7) is 2.64. The summed E-state index contributed by atoms with van der Waals surface area (Å²) in [5, 5.41) is 12.4. The third-order valence-electron chi connectivity index (χ3n) is 3.74. The van der Waals surface area contributed by atoms with Crippen molar-refractivity contribution in [2.45, 2.75) is 12.6 Å². The molecule has 1 unspecified atom stereocenters. The van der Waals surface area contributed by atoms with Gasteiger partial charge in [0.15, 0.2) is 11.5 Å². The number of hydrogen-bond acceptors (Lipinski definition) is 6. The first-order chi connectivity index (χ1) is 10.2. The van der Waals surface area contributed by atoms with Crippen LogP contribution in [0.25, 0.3) is 0 Å². The third kappa shape index (κ3) is 2.74. The molecule has 0 bridgehead atoms. The lowest BCUT2D eigenvalue weighted by atomic mass is 10.1. The summed E-state index contributed by atoms with van der Waals surface area (Å²) in [6.07, 6.45) is 0. The Hall–Kier alpha value is -1.99. The van der Waals surface area contributed by atoms with Crippen molar-refractivity contribution in [1.82, 2.24) is 10.2 Å². The molecule has 7 nitrogen and oxygen atoms in total. The second-order valence-electron chi connectivity index (χ2n) is 5.06. The molecule has 7 heteroatoms. The van der Waals surface area contributed by atoms with E-state index in [0.29, 0.717) is 36.9 Å². The lowest BCUT2D eigenvalue weighted by Crippen LogP contribution is -2.54. The molecule has 2 heterocycles. The number of nitrogens with one attached hydrogen (secondary N) is 1. The first kappa shape index (κ1) is 14.0. The average molecular weight is 294 g/mol. The Bertz CT molecular complexity index is 548. The predicted molar refractivity (Wildman–Crippen MR) is 73.8 cm³/mol. The molecule has 1 fully saturated rings. The molecule has 1 saturated heterocycles. The zero-order valence-corrected chi connectivity index (χ0v) is 11.8. The number of hydrogen-bond donors (Lipinski definition) is 2. The zero-order chi connectivity index (χ0) is 14.8. The Morgan fingerprint density at radius 1 is 1.52 bits per heavy atom. The number of aliphatic carboxylic acids is 1. The van der Waals surface area contributed by atoms with Gasteiger partial charge in [0, 0.05) is 26.2 Å². The summed E-state index contributed by atoms with van der Waals surface area (Å²) in [5.74, 6) is 1.06. The molecule has 0 aromatic heterocycles. The van der Waals surface area contributed by atoms with Crippen LogP contribution in [0.2, 0.25) is 0 Å². The van der Waals surface area contributed by atoms with Crippen LogP contribution in [-0.2, 0) is 11.3 Å². The average Bonchev–Trinajstić information content (AvgIpc) is 2.95. The minimum Gasteiger partial charge on any atom is -0.493 e. The van der Waals surface area contributed by atoms with E-state index in [1.165, 1.54) is 0 Å². The fourth-order valence-corrected chi connectivity index (χ4v) is 2.69. The summed E-state index contributed by atoms with van der Waals surface area (Å²) in [7, 11) is 1.58. The summed E-state index contributed by atoms with van der Waals surface area (Å²) in [4.78, 5) is 13.3. The number of fused-ring (bicyclic) bond motifs is 1. The molecule has 0 aliphatic carbocycles. The van der Waals surface area contributed by atoms with Crippen molar-refractivity contribution < 1.29 is 24.1 Å². The SMILES string of the molecule is COc1cc(CN2CCNCC2C(=O)O)cc2c1OCO2. The van der Waals surface area contributed by atoms with Crippen LogP contribution in [0.15, 0.2) is 12.1 Å². The molecule has 2 N–H and O–H groups in total. The highest BCUT2D eigenvalue weighted by atomic mass is 16.7. The number of carboxylic acid groups (broad SMARTS) is 1. The van der Waals surface area contributed by atoms with Gasteiger partial charge in [0.25, 0.3) is 0 Å². The second-order valence-corrected chi connectivity index (χ2v) is 5.06. The van der Waals surface area contributed by atoms with Crippen LogP contribution >= 0.6 is 0 Å². The monoisotopic (exact) mass is 294 g/mol. The predicted octanol–water partition coefficient (Wildman–Crippen LogP) is 0.282. The van der Waals surface area contributed by atoms with Gasteiger partial charge in [-0.3, -0.25) is 9.69 Å². The number of piperazine rings is 1. The first-order valence-electron chi connectivity index (χ1n) is 6.83. The quantitative estimate of drug-likeness (QED) is 0.825. The van der Waals surface area contributed by atoms with Crippen LogP contribution in [0.5, 0.6) is 17.2 Å². The third-order valence-corrected chi connectivity index (χ3v) is 3.74. The summed E-state index contributed by atoms with van der Waals surface area (Å²) >= 11 is 0. The van der Waals surface area contributed by atoms with Crippen LogP contribution < -0.4 is 19.5 Å². The molecule has 21 heavy (non-hydrogen) atoms. The van der Waals surface area contributed by atoms with Gasteiger partial charge in [-0.15, -0.1) is 0 Å². The number of carboxylic acids is 1. The number of carbonyl (C=O) groups is 1. The molecule has 0 spiro atoms. The van der Waals surface area contributed by atoms with Gasteiger partial charge in [0.1, 0.15) is 6.04 Å². The molecule has 1 aromatic rings. The maximum Gasteiger partial charge on any atom is 0.322 e. The Balaban J connectivity index is 1.82. The van der Waals surface area contributed by atoms with Gasteiger partial charge in [-0.05, 0) is 17.7 Å². The zero-order valence-electron chi connectivity index (χ0n) is 11.8. The molecular formula is C14H18N2O5. The highest BCUT2D eigenvalue weighted by molar-refractivity contribution is 5.74. The summed E-state index contributed by atoms with van der Waals surface area (Å²) in [5.41, 5.74) is 0.948. The van der Waals surface area contributed by atoms with Gasteiger partial charge in [-0.1, -0.05) is 0 Å². The molecule has 1 aromatic carbocycles. The van der Waals surface area contributed by atoms with Gasteiger partial charge in [-0.25, -0.2) is 0 Å². The van der Waals surface area contributed by atoms with Gasteiger partial charge in [0.05, 0.1) is 7.11 Å². The first-order valence-corrected chi connectivity index (χ1v) is 6.83.